The van der Waals surface area contributed by atoms with Crippen LogP contribution in [0.4, 0.5) is 4.39 Å². The van der Waals surface area contributed by atoms with Gasteiger partial charge in [-0.05, 0) is 18.4 Å². The Balaban J connectivity index is 0.00000176. The Bertz CT molecular complexity index is 566. The largest absolute Gasteiger partial charge is 0.335 e. The van der Waals surface area contributed by atoms with Crippen molar-refractivity contribution in [1.82, 2.24) is 14.7 Å². The molecule has 2 aliphatic rings. The van der Waals surface area contributed by atoms with Crippen molar-refractivity contribution in [2.24, 2.45) is 5.73 Å². The Labute approximate surface area is 135 Å². The van der Waals surface area contributed by atoms with Gasteiger partial charge in [0.15, 0.2) is 0 Å². The van der Waals surface area contributed by atoms with Crippen LogP contribution in [0, 0.1) is 0 Å². The molecule has 0 spiro atoms. The molecule has 2 N–H and O–H groups in total. The normalized spacial score (nSPS) is 19.3. The lowest BCUT2D eigenvalue weighted by Crippen LogP contribution is -2.43. The fraction of sp³-hybridized carbons (Fsp3) is 0.600. The number of aromatic nitrogens is 2. The van der Waals surface area contributed by atoms with Crippen molar-refractivity contribution < 1.29 is 9.18 Å². The van der Waals surface area contributed by atoms with E-state index in [0.717, 1.165) is 31.5 Å². The van der Waals surface area contributed by atoms with E-state index in [1.165, 1.54) is 12.8 Å². The second kappa shape index (κ2) is 7.24. The monoisotopic (exact) mass is 328 g/mol. The summed E-state index contributed by atoms with van der Waals surface area (Å²) in [5.74, 6) is 0.0768. The molecule has 1 fully saturated rings. The van der Waals surface area contributed by atoms with Crippen LogP contribution in [0.3, 0.4) is 0 Å². The van der Waals surface area contributed by atoms with Crippen LogP contribution in [-0.2, 0) is 13.0 Å². The molecule has 1 aromatic rings. The highest BCUT2D eigenvalue weighted by Crippen LogP contribution is 2.28. The van der Waals surface area contributed by atoms with Crippen LogP contribution in [0.5, 0.6) is 0 Å². The molecule has 0 saturated heterocycles. The molecule has 1 amide bonds. The van der Waals surface area contributed by atoms with E-state index in [9.17, 15) is 9.18 Å². The summed E-state index contributed by atoms with van der Waals surface area (Å²) < 4.78 is 14.2. The standard InChI is InChI=1S/C15H21FN4O.ClH/c16-7-11(8-17)9-19-10-13-14(18-19)5-6-20(15(13)21)12-3-1-2-4-12;/h7,10,12H,1-6,8-9,17H2;1H/b11-7+;. The highest BCUT2D eigenvalue weighted by Gasteiger charge is 2.33. The van der Waals surface area contributed by atoms with Crippen molar-refractivity contribution >= 4 is 18.3 Å². The number of amides is 1. The highest BCUT2D eigenvalue weighted by atomic mass is 35.5. The van der Waals surface area contributed by atoms with Crippen LogP contribution in [0.1, 0.15) is 41.7 Å². The molecule has 0 bridgehead atoms. The molecule has 7 heteroatoms. The molecule has 3 rings (SSSR count). The summed E-state index contributed by atoms with van der Waals surface area (Å²) in [4.78, 5) is 14.6. The SMILES string of the molecule is Cl.NC/C(=C\F)Cn1cc2c(n1)CCN(C1CCCC1)C2=O. The maximum atomic E-state index is 12.6. The quantitative estimate of drug-likeness (QED) is 0.920. The van der Waals surface area contributed by atoms with Crippen molar-refractivity contribution in [1.29, 1.82) is 0 Å². The summed E-state index contributed by atoms with van der Waals surface area (Å²) in [5.41, 5.74) is 7.42. The fourth-order valence-corrected chi connectivity index (χ4v) is 3.30. The van der Waals surface area contributed by atoms with Gasteiger partial charge in [-0.3, -0.25) is 9.48 Å². The van der Waals surface area contributed by atoms with Gasteiger partial charge in [-0.1, -0.05) is 12.8 Å². The molecule has 5 nitrogen and oxygen atoms in total. The smallest absolute Gasteiger partial charge is 0.257 e. The lowest BCUT2D eigenvalue weighted by atomic mass is 10.0. The minimum absolute atomic E-state index is 0. The van der Waals surface area contributed by atoms with E-state index in [1.54, 1.807) is 10.9 Å². The number of carbonyl (C=O) groups is 1. The van der Waals surface area contributed by atoms with E-state index in [0.29, 0.717) is 30.1 Å². The first-order chi connectivity index (χ1) is 10.2. The average Bonchev–Trinajstić information content (AvgIpc) is 3.14. The summed E-state index contributed by atoms with van der Waals surface area (Å²) in [6.45, 7) is 1.20. The van der Waals surface area contributed by atoms with Gasteiger partial charge in [-0.25, -0.2) is 4.39 Å². The van der Waals surface area contributed by atoms with Crippen LogP contribution in [-0.4, -0.2) is 39.7 Å². The van der Waals surface area contributed by atoms with Crippen molar-refractivity contribution in [2.75, 3.05) is 13.1 Å². The summed E-state index contributed by atoms with van der Waals surface area (Å²) in [6, 6.07) is 0.388. The summed E-state index contributed by atoms with van der Waals surface area (Å²) in [5, 5.41) is 4.40. The van der Waals surface area contributed by atoms with Crippen LogP contribution in [0.25, 0.3) is 0 Å². The molecule has 1 aliphatic heterocycles. The van der Waals surface area contributed by atoms with Crippen LogP contribution in [0.15, 0.2) is 18.1 Å². The van der Waals surface area contributed by atoms with Crippen molar-refractivity contribution in [3.8, 4) is 0 Å². The van der Waals surface area contributed by atoms with Crippen LogP contribution in [0.2, 0.25) is 0 Å². The average molecular weight is 329 g/mol. The molecule has 22 heavy (non-hydrogen) atoms. The third-order valence-electron chi connectivity index (χ3n) is 4.47. The van der Waals surface area contributed by atoms with E-state index in [1.807, 2.05) is 4.90 Å². The molecule has 0 unspecified atom stereocenters. The zero-order valence-electron chi connectivity index (χ0n) is 12.5. The van der Waals surface area contributed by atoms with Gasteiger partial charge in [0, 0.05) is 31.7 Å². The minimum Gasteiger partial charge on any atom is -0.335 e. The molecule has 122 valence electrons. The van der Waals surface area contributed by atoms with Gasteiger partial charge in [-0.15, -0.1) is 12.4 Å². The lowest BCUT2D eigenvalue weighted by molar-refractivity contribution is 0.0663. The van der Waals surface area contributed by atoms with Gasteiger partial charge < -0.3 is 10.6 Å². The van der Waals surface area contributed by atoms with Crippen LogP contribution >= 0.6 is 12.4 Å². The number of hydrogen-bond donors (Lipinski definition) is 1. The summed E-state index contributed by atoms with van der Waals surface area (Å²) >= 11 is 0. The van der Waals surface area contributed by atoms with Gasteiger partial charge in [0.1, 0.15) is 0 Å². The minimum atomic E-state index is 0. The highest BCUT2D eigenvalue weighted by molar-refractivity contribution is 5.96. The van der Waals surface area contributed by atoms with Crippen LogP contribution < -0.4 is 5.73 Å². The van der Waals surface area contributed by atoms with Gasteiger partial charge in [-0.2, -0.15) is 5.10 Å². The second-order valence-electron chi connectivity index (χ2n) is 5.85. The number of hydrogen-bond acceptors (Lipinski definition) is 3. The molecule has 1 aromatic heterocycles. The second-order valence-corrected chi connectivity index (χ2v) is 5.85. The van der Waals surface area contributed by atoms with E-state index >= 15 is 0 Å². The maximum absolute atomic E-state index is 12.6. The van der Waals surface area contributed by atoms with E-state index in [4.69, 9.17) is 5.73 Å². The van der Waals surface area contributed by atoms with Gasteiger partial charge >= 0.3 is 0 Å². The first-order valence-electron chi connectivity index (χ1n) is 7.58. The number of halogens is 2. The van der Waals surface area contributed by atoms with E-state index in [-0.39, 0.29) is 24.9 Å². The van der Waals surface area contributed by atoms with Crippen molar-refractivity contribution in [3.05, 3.63) is 29.4 Å². The zero-order valence-corrected chi connectivity index (χ0v) is 13.3. The molecule has 0 radical (unpaired) electrons. The maximum Gasteiger partial charge on any atom is 0.257 e. The Morgan fingerprint density at radius 3 is 2.82 bits per heavy atom. The summed E-state index contributed by atoms with van der Waals surface area (Å²) in [6.07, 6.45) is 7.67. The van der Waals surface area contributed by atoms with E-state index < -0.39 is 0 Å². The number of carbonyl (C=O) groups excluding carboxylic acids is 1. The Morgan fingerprint density at radius 2 is 2.18 bits per heavy atom. The third-order valence-corrected chi connectivity index (χ3v) is 4.47. The Morgan fingerprint density at radius 1 is 1.45 bits per heavy atom. The molecule has 0 atom stereocenters. The first kappa shape index (κ1) is 17.0. The topological polar surface area (TPSA) is 64.2 Å². The molecular formula is C15H22ClFN4O. The van der Waals surface area contributed by atoms with Gasteiger partial charge in [0.2, 0.25) is 0 Å². The number of fused-ring (bicyclic) bond motifs is 1. The van der Waals surface area contributed by atoms with Crippen molar-refractivity contribution in [2.45, 2.75) is 44.7 Å². The molecule has 2 heterocycles. The number of rotatable bonds is 4. The van der Waals surface area contributed by atoms with Gasteiger partial charge in [0.25, 0.3) is 5.91 Å². The predicted molar refractivity (Wildman–Crippen MR) is 84.7 cm³/mol. The first-order valence-corrected chi connectivity index (χ1v) is 7.58. The molecule has 0 aromatic carbocycles. The summed E-state index contributed by atoms with van der Waals surface area (Å²) in [7, 11) is 0. The molecule has 1 saturated carbocycles. The molecular weight excluding hydrogens is 307 g/mol. The fourth-order valence-electron chi connectivity index (χ4n) is 3.30. The van der Waals surface area contributed by atoms with Crippen molar-refractivity contribution in [3.63, 3.8) is 0 Å². The Hall–Kier alpha value is -1.40. The zero-order chi connectivity index (χ0) is 14.8. The van der Waals surface area contributed by atoms with E-state index in [2.05, 4.69) is 5.10 Å². The number of nitrogens with two attached hydrogens (primary N) is 1. The number of nitrogens with zero attached hydrogens (tertiary/aromatic N) is 3. The third kappa shape index (κ3) is 3.17. The predicted octanol–water partition coefficient (Wildman–Crippen LogP) is 2.06. The lowest BCUT2D eigenvalue weighted by Gasteiger charge is -2.31. The van der Waals surface area contributed by atoms with Gasteiger partial charge in [0.05, 0.1) is 24.1 Å². The molecule has 1 aliphatic carbocycles. The Kier molecular flexibility index (Phi) is 5.58.